The number of unbranched alkanes of at least 4 members (excludes halogenated alkanes) is 2. The Morgan fingerprint density at radius 1 is 0.719 bits per heavy atom. The molecule has 0 spiro atoms. The molecule has 486 valence electrons. The quantitative estimate of drug-likeness (QED) is 0.0179. The van der Waals surface area contributed by atoms with E-state index >= 15 is 0 Å². The van der Waals surface area contributed by atoms with Crippen molar-refractivity contribution in [1.82, 2.24) is 62.4 Å². The van der Waals surface area contributed by atoms with E-state index in [9.17, 15) is 73.3 Å². The Hall–Kier alpha value is -9.55. The predicted octanol–water partition coefficient (Wildman–Crippen LogP) is 1.55. The fourth-order valence-electron chi connectivity index (χ4n) is 9.07. The summed E-state index contributed by atoms with van der Waals surface area (Å²) in [7, 11) is 0. The molecule has 0 unspecified atom stereocenters. The largest absolute Gasteiger partial charge is 0.444 e. The monoisotopic (exact) mass is 1250 g/mol. The minimum absolute atomic E-state index is 0.0784. The second-order valence-electron chi connectivity index (χ2n) is 23.2. The summed E-state index contributed by atoms with van der Waals surface area (Å²) < 4.78 is 6.43. The lowest BCUT2D eigenvalue weighted by molar-refractivity contribution is -0.394. The maximum atomic E-state index is 14.3. The highest BCUT2D eigenvalue weighted by Crippen LogP contribution is 2.28. The van der Waals surface area contributed by atoms with E-state index in [4.69, 9.17) is 10.5 Å². The molecule has 0 bridgehead atoms. The third-order valence-corrected chi connectivity index (χ3v) is 13.7. The zero-order valence-corrected chi connectivity index (χ0v) is 51.6. The van der Waals surface area contributed by atoms with E-state index in [0.29, 0.717) is 29.4 Å². The number of imidazole rings is 1. The second-order valence-corrected chi connectivity index (χ2v) is 23.2. The first-order valence-electron chi connectivity index (χ1n) is 29.1. The van der Waals surface area contributed by atoms with Gasteiger partial charge in [0.2, 0.25) is 53.2 Å². The number of carbonyl (C=O) groups is 10. The molecule has 4 rings (SSSR count). The average Bonchev–Trinajstić information content (AvgIpc) is 2.04. The van der Waals surface area contributed by atoms with Crippen LogP contribution in [0.2, 0.25) is 0 Å². The minimum atomic E-state index is -1.65. The molecule has 31 heteroatoms. The van der Waals surface area contributed by atoms with Crippen molar-refractivity contribution in [2.75, 3.05) is 13.1 Å². The maximum Gasteiger partial charge on any atom is 0.408 e. The zero-order valence-electron chi connectivity index (χ0n) is 51.6. The number of nitro benzene ring substituents is 2. The molecule has 0 aliphatic heterocycles. The fraction of sp³-hybridized carbons (Fsp3) is 0.534. The number of nitrogens with one attached hydrogen (secondary N) is 10. The molecular formula is C58H83N15O16. The van der Waals surface area contributed by atoms with Gasteiger partial charge in [-0.2, -0.15) is 0 Å². The summed E-state index contributed by atoms with van der Waals surface area (Å²) in [4.78, 5) is 165. The first kappa shape index (κ1) is 71.9. The lowest BCUT2D eigenvalue weighted by atomic mass is 10.0. The number of primary amides is 1. The number of amides is 10. The summed E-state index contributed by atoms with van der Waals surface area (Å²) in [6.45, 7) is 15.7. The predicted molar refractivity (Wildman–Crippen MR) is 323 cm³/mol. The third kappa shape index (κ3) is 22.9. The highest BCUT2D eigenvalue weighted by Gasteiger charge is 2.36. The fourth-order valence-corrected chi connectivity index (χ4v) is 9.07. The van der Waals surface area contributed by atoms with E-state index in [2.05, 4.69) is 57.8 Å². The van der Waals surface area contributed by atoms with Crippen LogP contribution in [-0.2, 0) is 60.7 Å². The number of para-hydroxylation sites is 1. The van der Waals surface area contributed by atoms with Gasteiger partial charge in [-0.15, -0.1) is 0 Å². The molecule has 8 atom stereocenters. The molecular weight excluding hydrogens is 1160 g/mol. The number of alkyl carbamates (subject to hydrolysis) is 1. The Bertz CT molecular complexity index is 3190. The number of nitrogens with two attached hydrogens (primary N) is 1. The number of hydrogen-bond donors (Lipinski definition) is 12. The summed E-state index contributed by atoms with van der Waals surface area (Å²) in [5.41, 5.74) is 4.50. The maximum absolute atomic E-state index is 14.3. The lowest BCUT2D eigenvalue weighted by Crippen LogP contribution is -2.60. The Morgan fingerprint density at radius 2 is 1.36 bits per heavy atom. The number of nitrogens with zero attached hydrogens (tertiary/aromatic N) is 4. The van der Waals surface area contributed by atoms with Crippen LogP contribution < -0.4 is 53.6 Å². The molecule has 0 fully saturated rings. The van der Waals surface area contributed by atoms with Gasteiger partial charge >= 0.3 is 6.09 Å². The van der Waals surface area contributed by atoms with Gasteiger partial charge in [0.05, 0.1) is 40.6 Å². The highest BCUT2D eigenvalue weighted by atomic mass is 16.6. The summed E-state index contributed by atoms with van der Waals surface area (Å²) in [6.07, 6.45) is 2.78. The first-order chi connectivity index (χ1) is 41.8. The van der Waals surface area contributed by atoms with Crippen molar-refractivity contribution in [3.8, 4) is 5.69 Å². The van der Waals surface area contributed by atoms with E-state index in [0.717, 1.165) is 31.0 Å². The number of ether oxygens (including phenoxy) is 1. The van der Waals surface area contributed by atoms with Crippen LogP contribution in [0.25, 0.3) is 16.6 Å². The number of hydrogen-bond acceptors (Lipinski definition) is 17. The second kappa shape index (κ2) is 33.5. The van der Waals surface area contributed by atoms with Gasteiger partial charge in [-0.25, -0.2) is 9.78 Å². The number of aliphatic hydroxyl groups excluding tert-OH is 1. The number of aromatic amines is 1. The van der Waals surface area contributed by atoms with Crippen LogP contribution in [0.5, 0.6) is 0 Å². The van der Waals surface area contributed by atoms with Crippen LogP contribution in [0.15, 0.2) is 61.2 Å². The molecule has 2 aromatic carbocycles. The molecule has 2 heterocycles. The van der Waals surface area contributed by atoms with Crippen LogP contribution in [-0.4, -0.2) is 156 Å². The van der Waals surface area contributed by atoms with E-state index in [1.807, 2.05) is 20.8 Å². The summed E-state index contributed by atoms with van der Waals surface area (Å²) >= 11 is 0. The molecule has 0 saturated heterocycles. The van der Waals surface area contributed by atoms with Crippen LogP contribution in [0.1, 0.15) is 119 Å². The van der Waals surface area contributed by atoms with Gasteiger partial charge in [-0.3, -0.25) is 67.9 Å². The topological polar surface area (TPSA) is 454 Å². The number of aliphatic hydroxyl groups is 1. The number of carbonyl (C=O) groups excluding carboxylic acids is 10. The molecule has 0 aliphatic carbocycles. The van der Waals surface area contributed by atoms with Gasteiger partial charge in [0.25, 0.3) is 11.4 Å². The molecule has 13 N–H and O–H groups in total. The Kier molecular flexibility index (Phi) is 27.1. The van der Waals surface area contributed by atoms with E-state index < -0.39 is 160 Å². The Morgan fingerprint density at radius 3 is 1.98 bits per heavy atom. The average molecular weight is 1250 g/mol. The van der Waals surface area contributed by atoms with Gasteiger partial charge in [0.15, 0.2) is 0 Å². The lowest BCUT2D eigenvalue weighted by Gasteiger charge is -2.28. The SMILES string of the molecule is CCCCCNC(=O)[C@H](CC(C)C)NC(=O)[C@H](Cc1cn(-c2ccc([N+](=O)[O-])cc2[N+](=O)[O-])cn1)NC(=O)CNC(=O)[C@@H](NC(=O)[C@H](C)NC(=O)[C@H](Cc1c[nH]c2ccccc12)NC(=O)[C@H](CCC(N)=O)NC(=O)[C@@H](NC(=O)OC(C)(C)C)[C@@H](C)O)C(C)C. The number of benzene rings is 2. The number of non-ortho nitro benzene ring substituents is 1. The van der Waals surface area contributed by atoms with Crippen molar-refractivity contribution in [2.45, 2.75) is 175 Å². The van der Waals surface area contributed by atoms with Gasteiger partial charge < -0.3 is 68.4 Å². The van der Waals surface area contributed by atoms with Crippen molar-refractivity contribution in [3.05, 3.63) is 92.7 Å². The first-order valence-corrected chi connectivity index (χ1v) is 29.1. The normalized spacial score (nSPS) is 14.1. The summed E-state index contributed by atoms with van der Waals surface area (Å²) in [5.74, 6) is -8.49. The number of rotatable bonds is 34. The molecule has 0 saturated carbocycles. The minimum Gasteiger partial charge on any atom is -0.444 e. The highest BCUT2D eigenvalue weighted by molar-refractivity contribution is 5.98. The van der Waals surface area contributed by atoms with Crippen molar-refractivity contribution in [1.29, 1.82) is 0 Å². The number of nitro groups is 2. The van der Waals surface area contributed by atoms with Crippen LogP contribution >= 0.6 is 0 Å². The van der Waals surface area contributed by atoms with Crippen molar-refractivity contribution >= 4 is 81.5 Å². The number of H-pyrrole nitrogens is 1. The van der Waals surface area contributed by atoms with Crippen molar-refractivity contribution in [3.63, 3.8) is 0 Å². The van der Waals surface area contributed by atoms with E-state index in [1.165, 1.54) is 30.9 Å². The van der Waals surface area contributed by atoms with Crippen molar-refractivity contribution in [2.24, 2.45) is 17.6 Å². The zero-order chi connectivity index (χ0) is 66.4. The van der Waals surface area contributed by atoms with E-state index in [1.54, 1.807) is 65.1 Å². The molecule has 4 aromatic rings. The molecule has 89 heavy (non-hydrogen) atoms. The van der Waals surface area contributed by atoms with Crippen LogP contribution in [0, 0.1) is 32.1 Å². The van der Waals surface area contributed by atoms with E-state index in [-0.39, 0.29) is 36.6 Å². The smallest absolute Gasteiger partial charge is 0.408 e. The third-order valence-electron chi connectivity index (χ3n) is 13.7. The van der Waals surface area contributed by atoms with Gasteiger partial charge in [0.1, 0.15) is 53.6 Å². The van der Waals surface area contributed by atoms with Gasteiger partial charge in [-0.1, -0.05) is 65.7 Å². The molecule has 2 aromatic heterocycles. The Balaban J connectivity index is 1.54. The standard InChI is InChI=1S/C58H83N15O16/c1-11-12-15-22-60-51(78)41(23-31(2)3)67-54(81)43(25-36-29-71(30-63-36)44-20-18-37(72(85)86)26-45(44)73(87)88)65-47(76)28-62-55(82)48(32(4)5)69-50(77)33(6)64-53(80)42(24-35-27-61-39-17-14-13-16-38(35)39)68-52(79)40(19-21-46(59)75)66-56(83)49(34(7)74)70-57(84)89-58(8,9)10/h13-14,16-18,20,26-27,29-34,40-43,48-49,61,74H,11-12,15,19,21-25,28H2,1-10H3,(H2,59,75)(H,60,78)(H,62,82)(H,64,80)(H,65,76)(H,66,83)(H,67,81)(H,68,79)(H,69,77)(H,70,84)/t33-,34+,40-,41-,42-,43-,48-,49-/m0/s1. The van der Waals surface area contributed by atoms with Crippen LogP contribution in [0.4, 0.5) is 16.2 Å². The van der Waals surface area contributed by atoms with Gasteiger partial charge in [0, 0.05) is 55.2 Å². The number of aromatic nitrogens is 3. The summed E-state index contributed by atoms with van der Waals surface area (Å²) in [5, 5.41) is 57.5. The molecule has 0 radical (unpaired) electrons. The molecule has 0 aliphatic rings. The van der Waals surface area contributed by atoms with Crippen LogP contribution in [0.3, 0.4) is 0 Å². The number of fused-ring (bicyclic) bond motifs is 1. The van der Waals surface area contributed by atoms with Crippen molar-refractivity contribution < 1.29 is 67.6 Å². The molecule has 10 amide bonds. The Labute approximate surface area is 513 Å². The van der Waals surface area contributed by atoms with Gasteiger partial charge in [-0.05, 0) is 83.4 Å². The molecule has 31 nitrogen and oxygen atoms in total. The summed E-state index contributed by atoms with van der Waals surface area (Å²) in [6, 6.07) is 0.0178.